The van der Waals surface area contributed by atoms with Gasteiger partial charge in [0.2, 0.25) is 0 Å². The molecule has 19 heavy (non-hydrogen) atoms. The molecule has 1 atom stereocenters. The van der Waals surface area contributed by atoms with E-state index in [4.69, 9.17) is 0 Å². The highest BCUT2D eigenvalue weighted by Crippen LogP contribution is 2.22. The summed E-state index contributed by atoms with van der Waals surface area (Å²) in [5.74, 6) is -0.186. The normalized spacial score (nSPS) is 12.4. The summed E-state index contributed by atoms with van der Waals surface area (Å²) in [6.45, 7) is 4.68. The van der Waals surface area contributed by atoms with Crippen LogP contribution in [0.15, 0.2) is 41.1 Å². The first-order valence-electron chi connectivity index (χ1n) is 6.15. The zero-order valence-corrected chi connectivity index (χ0v) is 12.5. The van der Waals surface area contributed by atoms with Crippen LogP contribution in [0, 0.1) is 12.7 Å². The van der Waals surface area contributed by atoms with Crippen LogP contribution >= 0.6 is 15.9 Å². The van der Waals surface area contributed by atoms with E-state index < -0.39 is 0 Å². The van der Waals surface area contributed by atoms with Crippen LogP contribution in [-0.2, 0) is 6.54 Å². The van der Waals surface area contributed by atoms with Crippen LogP contribution in [0.5, 0.6) is 0 Å². The summed E-state index contributed by atoms with van der Waals surface area (Å²) in [6, 6.07) is 6.93. The molecule has 0 aliphatic carbocycles. The molecule has 1 N–H and O–H groups in total. The van der Waals surface area contributed by atoms with Crippen LogP contribution < -0.4 is 5.32 Å². The van der Waals surface area contributed by atoms with Crippen molar-refractivity contribution in [2.24, 2.45) is 0 Å². The summed E-state index contributed by atoms with van der Waals surface area (Å²) in [7, 11) is 0. The first kappa shape index (κ1) is 14.2. The van der Waals surface area contributed by atoms with Gasteiger partial charge in [0.25, 0.3) is 0 Å². The van der Waals surface area contributed by atoms with Gasteiger partial charge in [0.1, 0.15) is 5.82 Å². The van der Waals surface area contributed by atoms with Gasteiger partial charge in [-0.2, -0.15) is 0 Å². The van der Waals surface area contributed by atoms with E-state index in [9.17, 15) is 4.39 Å². The summed E-state index contributed by atoms with van der Waals surface area (Å²) in [5.41, 5.74) is 2.98. The Balaban J connectivity index is 2.07. The topological polar surface area (TPSA) is 24.9 Å². The van der Waals surface area contributed by atoms with Gasteiger partial charge in [-0.3, -0.25) is 4.98 Å². The second kappa shape index (κ2) is 6.26. The fourth-order valence-electron chi connectivity index (χ4n) is 1.92. The van der Waals surface area contributed by atoms with Crippen molar-refractivity contribution < 1.29 is 4.39 Å². The van der Waals surface area contributed by atoms with Crippen molar-refractivity contribution in [1.29, 1.82) is 0 Å². The van der Waals surface area contributed by atoms with Crippen LogP contribution in [0.1, 0.15) is 29.7 Å². The Morgan fingerprint density at radius 1 is 1.37 bits per heavy atom. The monoisotopic (exact) mass is 322 g/mol. The maximum Gasteiger partial charge on any atom is 0.128 e. The predicted octanol–water partition coefficient (Wildman–Crippen LogP) is 4.14. The van der Waals surface area contributed by atoms with E-state index in [0.717, 1.165) is 10.0 Å². The van der Waals surface area contributed by atoms with Gasteiger partial charge >= 0.3 is 0 Å². The first-order valence-corrected chi connectivity index (χ1v) is 6.95. The lowest BCUT2D eigenvalue weighted by atomic mass is 10.1. The van der Waals surface area contributed by atoms with E-state index in [1.165, 1.54) is 11.6 Å². The lowest BCUT2D eigenvalue weighted by molar-refractivity contribution is 0.527. The predicted molar refractivity (Wildman–Crippen MR) is 78.3 cm³/mol. The minimum atomic E-state index is -0.186. The van der Waals surface area contributed by atoms with Gasteiger partial charge < -0.3 is 5.32 Å². The van der Waals surface area contributed by atoms with Gasteiger partial charge in [-0.25, -0.2) is 4.39 Å². The van der Waals surface area contributed by atoms with Gasteiger partial charge in [0.15, 0.2) is 0 Å². The Morgan fingerprint density at radius 3 is 2.89 bits per heavy atom. The van der Waals surface area contributed by atoms with Crippen LogP contribution in [0.2, 0.25) is 0 Å². The van der Waals surface area contributed by atoms with Gasteiger partial charge in [-0.1, -0.05) is 15.9 Å². The lowest BCUT2D eigenvalue weighted by Gasteiger charge is -2.16. The Morgan fingerprint density at radius 2 is 2.16 bits per heavy atom. The Hall–Kier alpha value is -1.26. The Bertz CT molecular complexity index is 572. The minimum absolute atomic E-state index is 0.0509. The summed E-state index contributed by atoms with van der Waals surface area (Å²) in [6.07, 6.45) is 3.61. The zero-order valence-electron chi connectivity index (χ0n) is 11.0. The van der Waals surface area contributed by atoms with Crippen molar-refractivity contribution in [3.63, 3.8) is 0 Å². The number of nitrogens with zero attached hydrogens (tertiary/aromatic N) is 1. The maximum atomic E-state index is 13.8. The molecule has 2 nitrogen and oxygen atoms in total. The first-order chi connectivity index (χ1) is 9.08. The fraction of sp³-hybridized carbons (Fsp3) is 0.267. The zero-order chi connectivity index (χ0) is 13.8. The molecule has 4 heteroatoms. The fourth-order valence-corrected chi connectivity index (χ4v) is 2.30. The van der Waals surface area contributed by atoms with Crippen LogP contribution in [-0.4, -0.2) is 4.98 Å². The molecule has 0 radical (unpaired) electrons. The molecule has 1 aromatic carbocycles. The highest BCUT2D eigenvalue weighted by molar-refractivity contribution is 9.10. The number of aryl methyl sites for hydroxylation is 1. The molecule has 0 aliphatic heterocycles. The third-order valence-electron chi connectivity index (χ3n) is 3.16. The van der Waals surface area contributed by atoms with Crippen molar-refractivity contribution in [2.45, 2.75) is 26.4 Å². The Kier molecular flexibility index (Phi) is 4.66. The van der Waals surface area contributed by atoms with Gasteiger partial charge in [-0.15, -0.1) is 0 Å². The summed E-state index contributed by atoms with van der Waals surface area (Å²) < 4.78 is 14.6. The molecule has 0 fully saturated rings. The van der Waals surface area contributed by atoms with Crippen LogP contribution in [0.4, 0.5) is 4.39 Å². The lowest BCUT2D eigenvalue weighted by Crippen LogP contribution is -2.19. The second-order valence-electron chi connectivity index (χ2n) is 4.57. The van der Waals surface area contributed by atoms with Gasteiger partial charge in [0, 0.05) is 35.0 Å². The third kappa shape index (κ3) is 3.61. The standard InChI is InChI=1S/C15H16BrFN2/c1-10-8-18-6-5-12(10)9-19-11(2)14-7-13(16)3-4-15(14)17/h3-8,11,19H,9H2,1-2H3. The molecule has 0 spiro atoms. The van der Waals surface area contributed by atoms with Crippen molar-refractivity contribution in [2.75, 3.05) is 0 Å². The quantitative estimate of drug-likeness (QED) is 0.915. The summed E-state index contributed by atoms with van der Waals surface area (Å²) >= 11 is 3.37. The molecule has 0 saturated carbocycles. The molecule has 2 rings (SSSR count). The number of halogens is 2. The van der Waals surface area contributed by atoms with Crippen molar-refractivity contribution >= 4 is 15.9 Å². The van der Waals surface area contributed by atoms with E-state index in [0.29, 0.717) is 12.1 Å². The molecule has 100 valence electrons. The third-order valence-corrected chi connectivity index (χ3v) is 3.65. The Labute approximate surface area is 121 Å². The van der Waals surface area contributed by atoms with Crippen molar-refractivity contribution in [3.05, 3.63) is 63.6 Å². The highest BCUT2D eigenvalue weighted by Gasteiger charge is 2.11. The van der Waals surface area contributed by atoms with E-state index in [-0.39, 0.29) is 11.9 Å². The number of pyridine rings is 1. The maximum absolute atomic E-state index is 13.8. The molecule has 0 aliphatic rings. The average molecular weight is 323 g/mol. The highest BCUT2D eigenvalue weighted by atomic mass is 79.9. The second-order valence-corrected chi connectivity index (χ2v) is 5.49. The van der Waals surface area contributed by atoms with E-state index in [2.05, 4.69) is 26.2 Å². The van der Waals surface area contributed by atoms with Crippen molar-refractivity contribution in [1.82, 2.24) is 10.3 Å². The average Bonchev–Trinajstić information content (AvgIpc) is 2.40. The number of hydrogen-bond acceptors (Lipinski definition) is 2. The molecule has 1 aromatic heterocycles. The van der Waals surface area contributed by atoms with Crippen molar-refractivity contribution in [3.8, 4) is 0 Å². The van der Waals surface area contributed by atoms with Crippen LogP contribution in [0.25, 0.3) is 0 Å². The molecule has 0 saturated heterocycles. The van der Waals surface area contributed by atoms with Gasteiger partial charge in [0.05, 0.1) is 0 Å². The number of aromatic nitrogens is 1. The summed E-state index contributed by atoms with van der Waals surface area (Å²) in [4.78, 5) is 4.06. The van der Waals surface area contributed by atoms with Gasteiger partial charge in [-0.05, 0) is 49.2 Å². The number of nitrogens with one attached hydrogen (secondary N) is 1. The number of benzene rings is 1. The smallest absolute Gasteiger partial charge is 0.128 e. The molecule has 2 aromatic rings. The molecule has 0 bridgehead atoms. The van der Waals surface area contributed by atoms with E-state index in [1.54, 1.807) is 12.3 Å². The van der Waals surface area contributed by atoms with Crippen LogP contribution in [0.3, 0.4) is 0 Å². The molecule has 0 amide bonds. The minimum Gasteiger partial charge on any atom is -0.306 e. The van der Waals surface area contributed by atoms with E-state index in [1.807, 2.05) is 32.2 Å². The molecular formula is C15H16BrFN2. The van der Waals surface area contributed by atoms with E-state index >= 15 is 0 Å². The molecular weight excluding hydrogens is 307 g/mol. The molecule has 1 heterocycles. The largest absolute Gasteiger partial charge is 0.306 e. The molecule has 1 unspecified atom stereocenters. The number of rotatable bonds is 4. The SMILES string of the molecule is Cc1cnccc1CNC(C)c1cc(Br)ccc1F. The summed E-state index contributed by atoms with van der Waals surface area (Å²) in [5, 5.41) is 3.34. The number of hydrogen-bond donors (Lipinski definition) is 1.